The summed E-state index contributed by atoms with van der Waals surface area (Å²) in [6.07, 6.45) is 2.39. The number of anilines is 2. The molecule has 0 saturated carbocycles. The third-order valence-corrected chi connectivity index (χ3v) is 5.29. The van der Waals surface area contributed by atoms with E-state index < -0.39 is 6.09 Å². The van der Waals surface area contributed by atoms with Crippen LogP contribution in [0, 0.1) is 6.92 Å². The molecule has 2 N–H and O–H groups in total. The molecule has 31 heavy (non-hydrogen) atoms. The highest BCUT2D eigenvalue weighted by molar-refractivity contribution is 6.30. The molecule has 2 heterocycles. The Balaban J connectivity index is 1.71. The maximum absolute atomic E-state index is 13.2. The minimum Gasteiger partial charge on any atom is -0.465 e. The van der Waals surface area contributed by atoms with Crippen LogP contribution in [0.4, 0.5) is 16.2 Å². The zero-order valence-electron chi connectivity index (χ0n) is 16.8. The fourth-order valence-electron chi connectivity index (χ4n) is 3.37. The Kier molecular flexibility index (Phi) is 5.35. The molecule has 0 spiro atoms. The van der Waals surface area contributed by atoms with Crippen molar-refractivity contribution < 1.29 is 14.7 Å². The summed E-state index contributed by atoms with van der Waals surface area (Å²) in [5.74, 6) is -0.151. The SMILES string of the molecule is Cc1cc2ncc(-c3ccc(NC(=O)O)cc3)n2cc1C(=O)N(C)c1ccc(Cl)cc1. The molecule has 2 aromatic carbocycles. The second kappa shape index (κ2) is 8.12. The zero-order chi connectivity index (χ0) is 22.1. The van der Waals surface area contributed by atoms with Gasteiger partial charge < -0.3 is 10.0 Å². The largest absolute Gasteiger partial charge is 0.465 e. The molecule has 0 saturated heterocycles. The molecule has 4 aromatic rings. The zero-order valence-corrected chi connectivity index (χ0v) is 17.6. The summed E-state index contributed by atoms with van der Waals surface area (Å²) >= 11 is 5.95. The molecule has 0 aliphatic heterocycles. The van der Waals surface area contributed by atoms with Crippen molar-refractivity contribution >= 4 is 40.6 Å². The van der Waals surface area contributed by atoms with E-state index in [1.54, 1.807) is 72.9 Å². The topological polar surface area (TPSA) is 86.9 Å². The molecule has 4 rings (SSSR count). The number of nitrogens with zero attached hydrogens (tertiary/aromatic N) is 3. The van der Waals surface area contributed by atoms with Gasteiger partial charge in [0.2, 0.25) is 0 Å². The highest BCUT2D eigenvalue weighted by Gasteiger charge is 2.18. The highest BCUT2D eigenvalue weighted by atomic mass is 35.5. The van der Waals surface area contributed by atoms with Gasteiger partial charge in [0, 0.05) is 35.2 Å². The summed E-state index contributed by atoms with van der Waals surface area (Å²) in [7, 11) is 1.72. The van der Waals surface area contributed by atoms with Crippen molar-refractivity contribution in [1.29, 1.82) is 0 Å². The molecule has 8 heteroatoms. The molecule has 2 aromatic heterocycles. The van der Waals surface area contributed by atoms with Crippen molar-refractivity contribution in [2.45, 2.75) is 6.92 Å². The standard InChI is InChI=1S/C23H19ClN4O3/c1-14-11-21-25-12-20(15-3-7-17(8-4-15)26-23(30)31)28(21)13-19(14)22(29)27(2)18-9-5-16(24)6-10-18/h3-13,26H,1-2H3,(H,30,31). The average Bonchev–Trinajstić information content (AvgIpc) is 3.15. The van der Waals surface area contributed by atoms with Gasteiger partial charge in [0.25, 0.3) is 5.91 Å². The lowest BCUT2D eigenvalue weighted by Gasteiger charge is -2.19. The number of nitrogens with one attached hydrogen (secondary N) is 1. The second-order valence-corrected chi connectivity index (χ2v) is 7.53. The summed E-state index contributed by atoms with van der Waals surface area (Å²) in [6.45, 7) is 1.88. The summed E-state index contributed by atoms with van der Waals surface area (Å²) in [6, 6.07) is 15.9. The van der Waals surface area contributed by atoms with Crippen molar-refractivity contribution in [3.05, 3.63) is 83.1 Å². The smallest absolute Gasteiger partial charge is 0.409 e. The summed E-state index contributed by atoms with van der Waals surface area (Å²) < 4.78 is 1.86. The second-order valence-electron chi connectivity index (χ2n) is 7.09. The third kappa shape index (κ3) is 4.08. The Morgan fingerprint density at radius 1 is 1.10 bits per heavy atom. The van der Waals surface area contributed by atoms with Crippen LogP contribution in [0.5, 0.6) is 0 Å². The van der Waals surface area contributed by atoms with Crippen molar-refractivity contribution in [1.82, 2.24) is 9.38 Å². The van der Waals surface area contributed by atoms with Gasteiger partial charge in [-0.1, -0.05) is 23.7 Å². The normalized spacial score (nSPS) is 10.8. The quantitative estimate of drug-likeness (QED) is 0.454. The van der Waals surface area contributed by atoms with Crippen LogP contribution in [0.3, 0.4) is 0 Å². The van der Waals surface area contributed by atoms with Gasteiger partial charge in [-0.3, -0.25) is 14.5 Å². The molecule has 0 aliphatic rings. The first kappa shape index (κ1) is 20.4. The summed E-state index contributed by atoms with van der Waals surface area (Å²) in [4.78, 5) is 30.0. The van der Waals surface area contributed by atoms with E-state index in [-0.39, 0.29) is 5.91 Å². The fraction of sp³-hybridized carbons (Fsp3) is 0.0870. The first-order valence-corrected chi connectivity index (χ1v) is 9.83. The van der Waals surface area contributed by atoms with Gasteiger partial charge in [-0.05, 0) is 55.0 Å². The molecule has 0 fully saturated rings. The highest BCUT2D eigenvalue weighted by Crippen LogP contribution is 2.26. The summed E-state index contributed by atoms with van der Waals surface area (Å²) in [5, 5.41) is 11.8. The number of aromatic nitrogens is 2. The number of hydrogen-bond acceptors (Lipinski definition) is 3. The third-order valence-electron chi connectivity index (χ3n) is 5.04. The van der Waals surface area contributed by atoms with E-state index in [1.807, 2.05) is 17.4 Å². The van der Waals surface area contributed by atoms with E-state index in [4.69, 9.17) is 16.7 Å². The van der Waals surface area contributed by atoms with Gasteiger partial charge in [-0.15, -0.1) is 0 Å². The predicted molar refractivity (Wildman–Crippen MR) is 121 cm³/mol. The summed E-state index contributed by atoms with van der Waals surface area (Å²) in [5.41, 5.74) is 4.93. The Bertz CT molecular complexity index is 1280. The number of benzene rings is 2. The van der Waals surface area contributed by atoms with E-state index in [2.05, 4.69) is 10.3 Å². The molecular weight excluding hydrogens is 416 g/mol. The number of amides is 2. The van der Waals surface area contributed by atoms with E-state index in [9.17, 15) is 9.59 Å². The van der Waals surface area contributed by atoms with Gasteiger partial charge in [0.05, 0.1) is 17.5 Å². The molecule has 156 valence electrons. The van der Waals surface area contributed by atoms with Crippen molar-refractivity contribution in [3.63, 3.8) is 0 Å². The van der Waals surface area contributed by atoms with E-state index in [0.717, 1.165) is 22.5 Å². The van der Waals surface area contributed by atoms with Crippen molar-refractivity contribution in [3.8, 4) is 11.3 Å². The Hall–Kier alpha value is -3.84. The average molecular weight is 435 g/mol. The number of fused-ring (bicyclic) bond motifs is 1. The van der Waals surface area contributed by atoms with Gasteiger partial charge in [-0.25, -0.2) is 9.78 Å². The fourth-order valence-corrected chi connectivity index (χ4v) is 3.49. The molecular formula is C23H19ClN4O3. The number of rotatable bonds is 4. The molecule has 2 amide bonds. The number of carbonyl (C=O) groups is 2. The minimum absolute atomic E-state index is 0.151. The molecule has 0 bridgehead atoms. The minimum atomic E-state index is -1.12. The van der Waals surface area contributed by atoms with Crippen molar-refractivity contribution in [2.75, 3.05) is 17.3 Å². The monoisotopic (exact) mass is 434 g/mol. The maximum atomic E-state index is 13.2. The van der Waals surface area contributed by atoms with Crippen LogP contribution in [0.1, 0.15) is 15.9 Å². The van der Waals surface area contributed by atoms with Gasteiger partial charge >= 0.3 is 6.09 Å². The van der Waals surface area contributed by atoms with Crippen molar-refractivity contribution in [2.24, 2.45) is 0 Å². The van der Waals surface area contributed by atoms with Crippen LogP contribution in [0.25, 0.3) is 16.9 Å². The van der Waals surface area contributed by atoms with Gasteiger partial charge in [-0.2, -0.15) is 0 Å². The number of imidazole rings is 1. The molecule has 0 radical (unpaired) electrons. The maximum Gasteiger partial charge on any atom is 0.409 e. The molecule has 0 unspecified atom stereocenters. The van der Waals surface area contributed by atoms with Crippen LogP contribution in [-0.2, 0) is 0 Å². The number of halogens is 1. The number of pyridine rings is 1. The van der Waals surface area contributed by atoms with Crippen LogP contribution < -0.4 is 10.2 Å². The van der Waals surface area contributed by atoms with Gasteiger partial charge in [0.1, 0.15) is 5.65 Å². The Morgan fingerprint density at radius 3 is 2.42 bits per heavy atom. The Labute approximate surface area is 183 Å². The first-order valence-electron chi connectivity index (χ1n) is 9.45. The molecule has 0 aliphatic carbocycles. The van der Waals surface area contributed by atoms with E-state index >= 15 is 0 Å². The van der Waals surface area contributed by atoms with E-state index in [1.165, 1.54) is 0 Å². The van der Waals surface area contributed by atoms with Crippen LogP contribution in [0.2, 0.25) is 5.02 Å². The first-order chi connectivity index (χ1) is 14.8. The number of carboxylic acid groups (broad SMARTS) is 1. The lowest BCUT2D eigenvalue weighted by atomic mass is 10.1. The lowest BCUT2D eigenvalue weighted by molar-refractivity contribution is 0.0992. The molecule has 7 nitrogen and oxygen atoms in total. The van der Waals surface area contributed by atoms with Gasteiger partial charge in [0.15, 0.2) is 0 Å². The predicted octanol–water partition coefficient (Wildman–Crippen LogP) is 5.33. The molecule has 0 atom stereocenters. The Morgan fingerprint density at radius 2 is 1.77 bits per heavy atom. The lowest BCUT2D eigenvalue weighted by Crippen LogP contribution is -2.27. The number of hydrogen-bond donors (Lipinski definition) is 2. The number of aryl methyl sites for hydroxylation is 1. The van der Waals surface area contributed by atoms with Crippen LogP contribution >= 0.6 is 11.6 Å². The van der Waals surface area contributed by atoms with Crippen LogP contribution in [-0.4, -0.2) is 33.5 Å². The van der Waals surface area contributed by atoms with Crippen LogP contribution in [0.15, 0.2) is 67.0 Å². The van der Waals surface area contributed by atoms with E-state index in [0.29, 0.717) is 21.9 Å². The number of carbonyl (C=O) groups excluding carboxylic acids is 1.